The van der Waals surface area contributed by atoms with Gasteiger partial charge in [-0.3, -0.25) is 0 Å². The highest BCUT2D eigenvalue weighted by atomic mass is 19.4. The molecule has 1 aliphatic rings. The Hall–Kier alpha value is -2.87. The molecule has 2 heterocycles. The number of fused-ring (bicyclic) bond motifs is 1. The van der Waals surface area contributed by atoms with E-state index in [9.17, 15) is 13.2 Å². The van der Waals surface area contributed by atoms with Gasteiger partial charge in [0.15, 0.2) is 5.82 Å². The minimum absolute atomic E-state index is 0.207. The van der Waals surface area contributed by atoms with Gasteiger partial charge in [-0.15, -0.1) is 5.10 Å². The number of ether oxygens (including phenoxy) is 1. The highest BCUT2D eigenvalue weighted by molar-refractivity contribution is 5.94. The summed E-state index contributed by atoms with van der Waals surface area (Å²) in [6.45, 7) is 6.91. The first-order chi connectivity index (χ1) is 15.6. The fourth-order valence-electron chi connectivity index (χ4n) is 4.56. The third kappa shape index (κ3) is 4.90. The highest BCUT2D eigenvalue weighted by Crippen LogP contribution is 2.36. The molecule has 5 nitrogen and oxygen atoms in total. The van der Waals surface area contributed by atoms with Crippen molar-refractivity contribution in [2.45, 2.75) is 51.9 Å². The van der Waals surface area contributed by atoms with Gasteiger partial charge in [-0.05, 0) is 82.6 Å². The summed E-state index contributed by atoms with van der Waals surface area (Å²) >= 11 is 0. The molecule has 0 spiro atoms. The molecule has 0 radical (unpaired) electrons. The summed E-state index contributed by atoms with van der Waals surface area (Å²) < 4.78 is 46.2. The zero-order valence-corrected chi connectivity index (χ0v) is 19.3. The molecule has 1 unspecified atom stereocenters. The van der Waals surface area contributed by atoms with Crippen LogP contribution in [0.15, 0.2) is 36.4 Å². The number of likely N-dealkylation sites (N-methyl/N-ethyl adjacent to an activating group) is 1. The molecular formula is C25H29F3N4O. The van der Waals surface area contributed by atoms with Gasteiger partial charge in [0.05, 0.1) is 17.3 Å². The average Bonchev–Trinajstić information content (AvgIpc) is 3.18. The van der Waals surface area contributed by atoms with Crippen LogP contribution in [0.1, 0.15) is 48.2 Å². The van der Waals surface area contributed by atoms with Crippen LogP contribution in [0.2, 0.25) is 0 Å². The molecule has 33 heavy (non-hydrogen) atoms. The van der Waals surface area contributed by atoms with Crippen LogP contribution in [0.5, 0.6) is 5.75 Å². The molecule has 1 aliphatic heterocycles. The Balaban J connectivity index is 1.61. The number of alkyl halides is 3. The first-order valence-electron chi connectivity index (χ1n) is 11.2. The summed E-state index contributed by atoms with van der Waals surface area (Å²) in [6, 6.07) is 10.1. The van der Waals surface area contributed by atoms with E-state index >= 15 is 0 Å². The van der Waals surface area contributed by atoms with Crippen molar-refractivity contribution in [1.82, 2.24) is 15.1 Å². The molecule has 0 saturated carbocycles. The van der Waals surface area contributed by atoms with Crippen molar-refractivity contribution in [2.24, 2.45) is 0 Å². The second kappa shape index (κ2) is 9.17. The summed E-state index contributed by atoms with van der Waals surface area (Å²) in [4.78, 5) is 2.31. The maximum atomic E-state index is 13.4. The number of aryl methyl sites for hydroxylation is 1. The van der Waals surface area contributed by atoms with Crippen LogP contribution < -0.4 is 10.1 Å². The van der Waals surface area contributed by atoms with Gasteiger partial charge >= 0.3 is 6.18 Å². The third-order valence-corrected chi connectivity index (χ3v) is 6.55. The van der Waals surface area contributed by atoms with E-state index in [1.807, 2.05) is 32.0 Å². The molecule has 1 saturated heterocycles. The van der Waals surface area contributed by atoms with Gasteiger partial charge in [0.1, 0.15) is 12.4 Å². The van der Waals surface area contributed by atoms with E-state index in [0.717, 1.165) is 41.2 Å². The fraction of sp³-hybridized carbons (Fsp3) is 0.440. The van der Waals surface area contributed by atoms with Gasteiger partial charge in [-0.25, -0.2) is 0 Å². The van der Waals surface area contributed by atoms with Crippen LogP contribution in [-0.2, 0) is 6.18 Å². The van der Waals surface area contributed by atoms with E-state index in [0.29, 0.717) is 24.0 Å². The van der Waals surface area contributed by atoms with E-state index in [1.54, 1.807) is 6.07 Å². The smallest absolute Gasteiger partial charge is 0.416 e. The molecule has 1 N–H and O–H groups in total. The van der Waals surface area contributed by atoms with E-state index in [1.165, 1.54) is 19.4 Å². The van der Waals surface area contributed by atoms with Crippen LogP contribution in [-0.4, -0.2) is 41.3 Å². The lowest BCUT2D eigenvalue weighted by Gasteiger charge is -2.21. The first kappa shape index (κ1) is 23.3. The number of anilines is 1. The van der Waals surface area contributed by atoms with Gasteiger partial charge in [-0.2, -0.15) is 18.3 Å². The average molecular weight is 459 g/mol. The van der Waals surface area contributed by atoms with E-state index < -0.39 is 17.8 Å². The van der Waals surface area contributed by atoms with Crippen molar-refractivity contribution < 1.29 is 17.9 Å². The molecule has 0 amide bonds. The number of benzene rings is 2. The summed E-state index contributed by atoms with van der Waals surface area (Å²) in [5.74, 6) is 1.25. The van der Waals surface area contributed by atoms with E-state index in [-0.39, 0.29) is 5.56 Å². The quantitative estimate of drug-likeness (QED) is 0.498. The Bertz CT molecular complexity index is 1150. The Labute approximate surface area is 192 Å². The molecule has 2 aromatic carbocycles. The maximum absolute atomic E-state index is 13.4. The molecule has 0 aliphatic carbocycles. The van der Waals surface area contributed by atoms with Gasteiger partial charge in [-0.1, -0.05) is 12.1 Å². The minimum atomic E-state index is -4.39. The first-order valence-corrected chi connectivity index (χ1v) is 11.2. The predicted octanol–water partition coefficient (Wildman–Crippen LogP) is 5.91. The van der Waals surface area contributed by atoms with E-state index in [4.69, 9.17) is 4.74 Å². The number of nitrogens with zero attached hydrogens (tertiary/aromatic N) is 3. The number of hydrogen-bond acceptors (Lipinski definition) is 5. The lowest BCUT2D eigenvalue weighted by Crippen LogP contribution is -2.30. The second-order valence-electron chi connectivity index (χ2n) is 8.81. The van der Waals surface area contributed by atoms with Gasteiger partial charge in [0, 0.05) is 16.8 Å². The van der Waals surface area contributed by atoms with Crippen molar-refractivity contribution in [1.29, 1.82) is 0 Å². The minimum Gasteiger partial charge on any atom is -0.492 e. The van der Waals surface area contributed by atoms with E-state index in [2.05, 4.69) is 27.5 Å². The Morgan fingerprint density at radius 3 is 2.64 bits per heavy atom. The van der Waals surface area contributed by atoms with Crippen LogP contribution in [0.3, 0.4) is 0 Å². The molecule has 1 fully saturated rings. The number of aromatic nitrogens is 2. The topological polar surface area (TPSA) is 50.3 Å². The Morgan fingerprint density at radius 2 is 1.94 bits per heavy atom. The van der Waals surface area contributed by atoms with Gasteiger partial charge in [0.25, 0.3) is 0 Å². The lowest BCUT2D eigenvalue weighted by molar-refractivity contribution is -0.138. The monoisotopic (exact) mass is 458 g/mol. The predicted molar refractivity (Wildman–Crippen MR) is 124 cm³/mol. The maximum Gasteiger partial charge on any atom is 0.416 e. The second-order valence-corrected chi connectivity index (χ2v) is 8.81. The number of rotatable bonds is 6. The summed E-state index contributed by atoms with van der Waals surface area (Å²) in [6.07, 6.45) is -2.09. The summed E-state index contributed by atoms with van der Waals surface area (Å²) in [5.41, 5.74) is 0.928. The van der Waals surface area contributed by atoms with Crippen LogP contribution >= 0.6 is 0 Å². The SMILES string of the molecule is Cc1c([C@@H](C)Nc2nnc(C)c3ccc(OCC4CCCN4C)cc23)cccc1C(F)(F)F. The molecule has 176 valence electrons. The number of nitrogens with one attached hydrogen (secondary N) is 1. The number of hydrogen-bond donors (Lipinski definition) is 1. The van der Waals surface area contributed by atoms with Crippen LogP contribution in [0.25, 0.3) is 10.8 Å². The number of likely N-dealkylation sites (tertiary alicyclic amines) is 1. The van der Waals surface area contributed by atoms with Crippen molar-refractivity contribution >= 4 is 16.6 Å². The number of halogens is 3. The molecule has 1 aromatic heterocycles. The Kier molecular flexibility index (Phi) is 6.47. The zero-order chi connectivity index (χ0) is 23.8. The molecule has 2 atom stereocenters. The van der Waals surface area contributed by atoms with Crippen molar-refractivity contribution in [2.75, 3.05) is 25.5 Å². The van der Waals surface area contributed by atoms with Gasteiger partial charge in [0.2, 0.25) is 0 Å². The van der Waals surface area contributed by atoms with Gasteiger partial charge < -0.3 is 15.0 Å². The van der Waals surface area contributed by atoms with Crippen LogP contribution in [0.4, 0.5) is 19.0 Å². The summed E-state index contributed by atoms with van der Waals surface area (Å²) in [7, 11) is 2.11. The molecule has 3 aromatic rings. The van der Waals surface area contributed by atoms with Crippen molar-refractivity contribution in [3.63, 3.8) is 0 Å². The van der Waals surface area contributed by atoms with Crippen LogP contribution in [0, 0.1) is 13.8 Å². The standard InChI is InChI=1S/C25H29F3N4O/c1-15-20(8-5-9-23(15)25(26,27)28)16(2)29-24-22-13-19(10-11-21(22)17(3)30-31-24)33-14-18-7-6-12-32(18)4/h5,8-11,13,16,18H,6-7,12,14H2,1-4H3,(H,29,31)/t16-,18?/m1/s1. The van der Waals surface area contributed by atoms with Crippen molar-refractivity contribution in [3.05, 3.63) is 58.8 Å². The molecule has 8 heteroatoms. The van der Waals surface area contributed by atoms with Crippen molar-refractivity contribution in [3.8, 4) is 5.75 Å². The summed E-state index contributed by atoms with van der Waals surface area (Å²) in [5, 5.41) is 13.6. The highest BCUT2D eigenvalue weighted by Gasteiger charge is 2.33. The molecule has 0 bridgehead atoms. The lowest BCUT2D eigenvalue weighted by atomic mass is 9.97. The molecule has 4 rings (SSSR count). The normalized spacial score (nSPS) is 18.0. The Morgan fingerprint density at radius 1 is 1.15 bits per heavy atom. The fourth-order valence-corrected chi connectivity index (χ4v) is 4.56. The zero-order valence-electron chi connectivity index (χ0n) is 19.3. The molecular weight excluding hydrogens is 429 g/mol. The largest absolute Gasteiger partial charge is 0.492 e. The third-order valence-electron chi connectivity index (χ3n) is 6.55.